The van der Waals surface area contributed by atoms with Crippen LogP contribution in [0.2, 0.25) is 0 Å². The zero-order chi connectivity index (χ0) is 19.0. The van der Waals surface area contributed by atoms with Crippen LogP contribution in [0.15, 0.2) is 29.3 Å². The molecule has 6 nitrogen and oxygen atoms in total. The highest BCUT2D eigenvalue weighted by molar-refractivity contribution is 5.80. The predicted molar refractivity (Wildman–Crippen MR) is 107 cm³/mol. The third kappa shape index (κ3) is 5.59. The predicted octanol–water partition coefficient (Wildman–Crippen LogP) is 2.68. The Morgan fingerprint density at radius 1 is 1.33 bits per heavy atom. The number of aliphatic imine (C=N–C) groups is 1. The summed E-state index contributed by atoms with van der Waals surface area (Å²) in [6.45, 7) is 8.93. The monoisotopic (exact) mass is 375 g/mol. The van der Waals surface area contributed by atoms with Gasteiger partial charge in [0.15, 0.2) is 5.96 Å². The van der Waals surface area contributed by atoms with Crippen molar-refractivity contribution in [3.63, 3.8) is 0 Å². The van der Waals surface area contributed by atoms with Gasteiger partial charge in [-0.3, -0.25) is 0 Å². The fourth-order valence-corrected chi connectivity index (χ4v) is 3.81. The standard InChI is InChI=1S/C21H33N3O3/c1-3-22-20(24-10-8-21(16-24)9-13-26-17-21)23-15-18-6-4-7-19(14-18)27-12-5-11-25-2/h4,6-7,14H,3,5,8-13,15-17H2,1-2H3,(H,22,23). The molecule has 2 saturated heterocycles. The first-order chi connectivity index (χ1) is 13.2. The molecule has 1 unspecified atom stereocenters. The summed E-state index contributed by atoms with van der Waals surface area (Å²) in [5, 5.41) is 3.45. The summed E-state index contributed by atoms with van der Waals surface area (Å²) in [5.41, 5.74) is 1.50. The minimum atomic E-state index is 0.339. The van der Waals surface area contributed by atoms with Crippen LogP contribution in [0.1, 0.15) is 31.7 Å². The molecule has 1 aromatic carbocycles. The van der Waals surface area contributed by atoms with Crippen molar-refractivity contribution in [1.29, 1.82) is 0 Å². The van der Waals surface area contributed by atoms with Gasteiger partial charge in [-0.15, -0.1) is 0 Å². The molecule has 0 amide bonds. The van der Waals surface area contributed by atoms with E-state index in [-0.39, 0.29) is 0 Å². The number of guanidine groups is 1. The van der Waals surface area contributed by atoms with Crippen molar-refractivity contribution >= 4 is 5.96 Å². The van der Waals surface area contributed by atoms with Gasteiger partial charge in [0.1, 0.15) is 5.75 Å². The van der Waals surface area contributed by atoms with Crippen LogP contribution in [0.25, 0.3) is 0 Å². The Kier molecular flexibility index (Phi) is 7.35. The zero-order valence-electron chi connectivity index (χ0n) is 16.7. The van der Waals surface area contributed by atoms with Crippen LogP contribution in [0, 0.1) is 5.41 Å². The maximum atomic E-state index is 5.80. The highest BCUT2D eigenvalue weighted by atomic mass is 16.5. The van der Waals surface area contributed by atoms with Gasteiger partial charge < -0.3 is 24.4 Å². The Morgan fingerprint density at radius 3 is 3.04 bits per heavy atom. The van der Waals surface area contributed by atoms with Crippen molar-refractivity contribution in [3.05, 3.63) is 29.8 Å². The third-order valence-electron chi connectivity index (χ3n) is 5.33. The number of ether oxygens (including phenoxy) is 3. The van der Waals surface area contributed by atoms with Gasteiger partial charge in [0.25, 0.3) is 0 Å². The highest BCUT2D eigenvalue weighted by Gasteiger charge is 2.42. The number of methoxy groups -OCH3 is 1. The maximum Gasteiger partial charge on any atom is 0.194 e. The van der Waals surface area contributed by atoms with Gasteiger partial charge in [0.05, 0.1) is 19.8 Å². The maximum absolute atomic E-state index is 5.80. The Morgan fingerprint density at radius 2 is 2.26 bits per heavy atom. The molecule has 2 aliphatic heterocycles. The SMILES string of the molecule is CCNC(=NCc1cccc(OCCCOC)c1)N1CCC2(CCOC2)C1. The largest absolute Gasteiger partial charge is 0.493 e. The first-order valence-corrected chi connectivity index (χ1v) is 10.1. The second kappa shape index (κ2) is 9.95. The number of benzene rings is 1. The lowest BCUT2D eigenvalue weighted by Gasteiger charge is -2.25. The number of hydrogen-bond donors (Lipinski definition) is 1. The fraction of sp³-hybridized carbons (Fsp3) is 0.667. The minimum Gasteiger partial charge on any atom is -0.493 e. The summed E-state index contributed by atoms with van der Waals surface area (Å²) < 4.78 is 16.5. The second-order valence-electron chi connectivity index (χ2n) is 7.49. The van der Waals surface area contributed by atoms with Crippen molar-refractivity contribution in [1.82, 2.24) is 10.2 Å². The van der Waals surface area contributed by atoms with Gasteiger partial charge in [-0.25, -0.2) is 4.99 Å². The van der Waals surface area contributed by atoms with E-state index in [2.05, 4.69) is 29.3 Å². The highest BCUT2D eigenvalue weighted by Crippen LogP contribution is 2.38. The van der Waals surface area contributed by atoms with E-state index in [9.17, 15) is 0 Å². The van der Waals surface area contributed by atoms with Crippen molar-refractivity contribution in [2.75, 3.05) is 53.2 Å². The van der Waals surface area contributed by atoms with E-state index in [0.717, 1.165) is 63.1 Å². The first kappa shape index (κ1) is 20.0. The van der Waals surface area contributed by atoms with Gasteiger partial charge >= 0.3 is 0 Å². The molecular weight excluding hydrogens is 342 g/mol. The number of likely N-dealkylation sites (tertiary alicyclic amines) is 1. The number of nitrogens with one attached hydrogen (secondary N) is 1. The lowest BCUT2D eigenvalue weighted by Crippen LogP contribution is -2.41. The molecule has 2 heterocycles. The molecule has 0 radical (unpaired) electrons. The molecular formula is C21H33N3O3. The van der Waals surface area contributed by atoms with Crippen molar-refractivity contribution in [2.45, 2.75) is 32.7 Å². The molecule has 0 saturated carbocycles. The van der Waals surface area contributed by atoms with Crippen molar-refractivity contribution < 1.29 is 14.2 Å². The number of nitrogens with zero attached hydrogens (tertiary/aromatic N) is 2. The number of hydrogen-bond acceptors (Lipinski definition) is 4. The summed E-state index contributed by atoms with van der Waals surface area (Å²) in [4.78, 5) is 7.28. The first-order valence-electron chi connectivity index (χ1n) is 10.1. The molecule has 1 spiro atoms. The molecule has 3 rings (SSSR count). The van der Waals surface area contributed by atoms with Crippen LogP contribution in [-0.4, -0.2) is 64.0 Å². The Labute approximate surface area is 162 Å². The van der Waals surface area contributed by atoms with E-state index >= 15 is 0 Å². The molecule has 0 aromatic heterocycles. The molecule has 2 aliphatic rings. The number of rotatable bonds is 8. The van der Waals surface area contributed by atoms with Crippen LogP contribution in [-0.2, 0) is 16.0 Å². The third-order valence-corrected chi connectivity index (χ3v) is 5.33. The summed E-state index contributed by atoms with van der Waals surface area (Å²) in [5.74, 6) is 1.90. The molecule has 0 aliphatic carbocycles. The normalized spacial score (nSPS) is 22.6. The quantitative estimate of drug-likeness (QED) is 0.430. The minimum absolute atomic E-state index is 0.339. The van der Waals surface area contributed by atoms with E-state index in [1.165, 1.54) is 12.8 Å². The molecule has 6 heteroatoms. The molecule has 2 fully saturated rings. The smallest absolute Gasteiger partial charge is 0.194 e. The molecule has 1 N–H and O–H groups in total. The fourth-order valence-electron chi connectivity index (χ4n) is 3.81. The molecule has 1 aromatic rings. The topological polar surface area (TPSA) is 55.3 Å². The van der Waals surface area contributed by atoms with Crippen LogP contribution in [0.3, 0.4) is 0 Å². The molecule has 27 heavy (non-hydrogen) atoms. The average Bonchev–Trinajstić information content (AvgIpc) is 3.33. The second-order valence-corrected chi connectivity index (χ2v) is 7.49. The van der Waals surface area contributed by atoms with E-state index < -0.39 is 0 Å². The lowest BCUT2D eigenvalue weighted by atomic mass is 9.87. The van der Waals surface area contributed by atoms with E-state index in [1.807, 2.05) is 12.1 Å². The van der Waals surface area contributed by atoms with Crippen LogP contribution in [0.5, 0.6) is 5.75 Å². The molecule has 1 atom stereocenters. The van der Waals surface area contributed by atoms with Gasteiger partial charge in [-0.2, -0.15) is 0 Å². The van der Waals surface area contributed by atoms with E-state index in [0.29, 0.717) is 18.6 Å². The van der Waals surface area contributed by atoms with E-state index in [4.69, 9.17) is 19.2 Å². The van der Waals surface area contributed by atoms with Gasteiger partial charge in [0, 0.05) is 51.8 Å². The van der Waals surface area contributed by atoms with Gasteiger partial charge in [-0.05, 0) is 37.5 Å². The van der Waals surface area contributed by atoms with Crippen LogP contribution < -0.4 is 10.1 Å². The van der Waals surface area contributed by atoms with Crippen LogP contribution >= 0.6 is 0 Å². The van der Waals surface area contributed by atoms with Crippen molar-refractivity contribution in [2.24, 2.45) is 10.4 Å². The average molecular weight is 376 g/mol. The Bertz CT molecular complexity index is 614. The molecule has 0 bridgehead atoms. The van der Waals surface area contributed by atoms with Gasteiger partial charge in [0.2, 0.25) is 0 Å². The van der Waals surface area contributed by atoms with Crippen LogP contribution in [0.4, 0.5) is 0 Å². The summed E-state index contributed by atoms with van der Waals surface area (Å²) >= 11 is 0. The summed E-state index contributed by atoms with van der Waals surface area (Å²) in [7, 11) is 1.71. The zero-order valence-corrected chi connectivity index (χ0v) is 16.7. The van der Waals surface area contributed by atoms with Crippen molar-refractivity contribution in [3.8, 4) is 5.75 Å². The molecule has 150 valence electrons. The lowest BCUT2D eigenvalue weighted by molar-refractivity contribution is 0.156. The van der Waals surface area contributed by atoms with E-state index in [1.54, 1.807) is 7.11 Å². The summed E-state index contributed by atoms with van der Waals surface area (Å²) in [6.07, 6.45) is 3.26. The van der Waals surface area contributed by atoms with Gasteiger partial charge in [-0.1, -0.05) is 12.1 Å². The Balaban J connectivity index is 1.58. The summed E-state index contributed by atoms with van der Waals surface area (Å²) in [6, 6.07) is 8.21. The Hall–Kier alpha value is -1.79.